The summed E-state index contributed by atoms with van der Waals surface area (Å²) in [5, 5.41) is 17.1. The number of unbranched alkanes of at least 4 members (excludes halogenated alkanes) is 1. The number of allylic oxidation sites excluding steroid dienone is 4. The van der Waals surface area contributed by atoms with Gasteiger partial charge in [0.25, 0.3) is 0 Å². The summed E-state index contributed by atoms with van der Waals surface area (Å²) in [6, 6.07) is 0. The van der Waals surface area contributed by atoms with E-state index in [9.17, 15) is 9.59 Å². The summed E-state index contributed by atoms with van der Waals surface area (Å²) in [5.74, 6) is -1.85. The normalized spacial score (nSPS) is 13.1. The quantitative estimate of drug-likeness (QED) is 0.412. The van der Waals surface area contributed by atoms with Gasteiger partial charge in [-0.25, -0.2) is 9.59 Å². The van der Waals surface area contributed by atoms with Crippen molar-refractivity contribution < 1.29 is 19.8 Å². The molecule has 4 nitrogen and oxygen atoms in total. The van der Waals surface area contributed by atoms with E-state index in [1.165, 1.54) is 13.0 Å². The van der Waals surface area contributed by atoms with Crippen molar-refractivity contribution in [2.45, 2.75) is 26.7 Å². The SMILES string of the molecule is CC(=CC=CCCC=C(C)C(=O)O)C(=O)O. The summed E-state index contributed by atoms with van der Waals surface area (Å²) < 4.78 is 0. The first-order chi connectivity index (χ1) is 7.45. The fourth-order valence-electron chi connectivity index (χ4n) is 0.863. The van der Waals surface area contributed by atoms with Crippen molar-refractivity contribution >= 4 is 11.9 Å². The van der Waals surface area contributed by atoms with Crippen LogP contribution in [0.25, 0.3) is 0 Å². The smallest absolute Gasteiger partial charge is 0.331 e. The lowest BCUT2D eigenvalue weighted by Gasteiger charge is -1.91. The van der Waals surface area contributed by atoms with Gasteiger partial charge >= 0.3 is 11.9 Å². The van der Waals surface area contributed by atoms with Crippen LogP contribution in [0.2, 0.25) is 0 Å². The average molecular weight is 224 g/mol. The van der Waals surface area contributed by atoms with E-state index in [1.807, 2.05) is 0 Å². The zero-order chi connectivity index (χ0) is 12.6. The predicted octanol–water partition coefficient (Wildman–Crippen LogP) is 2.38. The molecule has 0 aromatic heterocycles. The highest BCUT2D eigenvalue weighted by Crippen LogP contribution is 2.00. The van der Waals surface area contributed by atoms with E-state index in [-0.39, 0.29) is 5.57 Å². The summed E-state index contributed by atoms with van der Waals surface area (Å²) in [6.45, 7) is 3.06. The molecule has 0 aliphatic rings. The maximum Gasteiger partial charge on any atom is 0.331 e. The lowest BCUT2D eigenvalue weighted by Crippen LogP contribution is -1.95. The Bertz CT molecular complexity index is 348. The van der Waals surface area contributed by atoms with Crippen molar-refractivity contribution in [3.8, 4) is 0 Å². The van der Waals surface area contributed by atoms with Crippen molar-refractivity contribution in [1.82, 2.24) is 0 Å². The van der Waals surface area contributed by atoms with Gasteiger partial charge in [-0.05, 0) is 26.7 Å². The van der Waals surface area contributed by atoms with E-state index < -0.39 is 11.9 Å². The summed E-state index contributed by atoms with van der Waals surface area (Å²) in [6.07, 6.45) is 7.94. The van der Waals surface area contributed by atoms with Gasteiger partial charge in [0.2, 0.25) is 0 Å². The van der Waals surface area contributed by atoms with Crippen LogP contribution in [0, 0.1) is 0 Å². The lowest BCUT2D eigenvalue weighted by molar-refractivity contribution is -0.133. The molecule has 0 fully saturated rings. The highest BCUT2D eigenvalue weighted by Gasteiger charge is 1.97. The first-order valence-corrected chi connectivity index (χ1v) is 4.92. The number of rotatable bonds is 6. The van der Waals surface area contributed by atoms with Gasteiger partial charge < -0.3 is 10.2 Å². The van der Waals surface area contributed by atoms with Crippen molar-refractivity contribution in [1.29, 1.82) is 0 Å². The molecule has 0 rings (SSSR count). The Balaban J connectivity index is 3.97. The van der Waals surface area contributed by atoms with Crippen LogP contribution in [0.1, 0.15) is 26.7 Å². The molecule has 0 bridgehead atoms. The molecular weight excluding hydrogens is 208 g/mol. The molecule has 88 valence electrons. The van der Waals surface area contributed by atoms with Gasteiger partial charge in [-0.1, -0.05) is 24.3 Å². The Morgan fingerprint density at radius 3 is 2.06 bits per heavy atom. The first kappa shape index (κ1) is 14.2. The largest absolute Gasteiger partial charge is 0.478 e. The summed E-state index contributed by atoms with van der Waals surface area (Å²) in [4.78, 5) is 20.8. The van der Waals surface area contributed by atoms with Crippen LogP contribution in [0.3, 0.4) is 0 Å². The number of carboxylic acid groups (broad SMARTS) is 2. The molecule has 0 amide bonds. The van der Waals surface area contributed by atoms with Gasteiger partial charge in [-0.15, -0.1) is 0 Å². The van der Waals surface area contributed by atoms with Crippen LogP contribution >= 0.6 is 0 Å². The second-order valence-corrected chi connectivity index (χ2v) is 3.35. The highest BCUT2D eigenvalue weighted by molar-refractivity contribution is 5.86. The third-order valence-corrected chi connectivity index (χ3v) is 1.94. The maximum absolute atomic E-state index is 10.4. The topological polar surface area (TPSA) is 74.6 Å². The van der Waals surface area contributed by atoms with E-state index >= 15 is 0 Å². The molecule has 0 spiro atoms. The number of carboxylic acids is 2. The van der Waals surface area contributed by atoms with E-state index in [2.05, 4.69) is 0 Å². The lowest BCUT2D eigenvalue weighted by atomic mass is 10.2. The van der Waals surface area contributed by atoms with Crippen LogP contribution < -0.4 is 0 Å². The zero-order valence-corrected chi connectivity index (χ0v) is 9.43. The molecule has 0 unspecified atom stereocenters. The van der Waals surface area contributed by atoms with Gasteiger partial charge in [0.05, 0.1) is 0 Å². The molecule has 0 heterocycles. The molecule has 2 N–H and O–H groups in total. The summed E-state index contributed by atoms with van der Waals surface area (Å²) in [5.41, 5.74) is 0.596. The van der Waals surface area contributed by atoms with Crippen LogP contribution in [0.4, 0.5) is 0 Å². The van der Waals surface area contributed by atoms with Crippen molar-refractivity contribution in [2.24, 2.45) is 0 Å². The van der Waals surface area contributed by atoms with Crippen molar-refractivity contribution in [3.63, 3.8) is 0 Å². The van der Waals surface area contributed by atoms with E-state index in [1.54, 1.807) is 25.2 Å². The Kier molecular flexibility index (Phi) is 6.59. The Hall–Kier alpha value is -1.84. The second-order valence-electron chi connectivity index (χ2n) is 3.35. The number of carbonyl (C=O) groups is 2. The minimum Gasteiger partial charge on any atom is -0.478 e. The van der Waals surface area contributed by atoms with E-state index in [0.29, 0.717) is 18.4 Å². The van der Waals surface area contributed by atoms with Gasteiger partial charge in [-0.2, -0.15) is 0 Å². The number of hydrogen-bond donors (Lipinski definition) is 2. The Morgan fingerprint density at radius 1 is 1.00 bits per heavy atom. The number of aliphatic carboxylic acids is 2. The Morgan fingerprint density at radius 2 is 1.56 bits per heavy atom. The molecule has 4 heteroatoms. The van der Waals surface area contributed by atoms with Crippen LogP contribution in [-0.2, 0) is 9.59 Å². The highest BCUT2D eigenvalue weighted by atomic mass is 16.4. The molecule has 0 aromatic carbocycles. The van der Waals surface area contributed by atoms with Gasteiger partial charge in [0.1, 0.15) is 0 Å². The molecule has 0 aromatic rings. The van der Waals surface area contributed by atoms with Crippen LogP contribution in [-0.4, -0.2) is 22.2 Å². The van der Waals surface area contributed by atoms with Crippen molar-refractivity contribution in [3.05, 3.63) is 35.5 Å². The molecule has 0 saturated heterocycles. The predicted molar refractivity (Wildman–Crippen MR) is 61.2 cm³/mol. The minimum absolute atomic E-state index is 0.272. The van der Waals surface area contributed by atoms with Gasteiger partial charge in [0, 0.05) is 11.1 Å². The Labute approximate surface area is 94.6 Å². The van der Waals surface area contributed by atoms with Crippen LogP contribution in [0.5, 0.6) is 0 Å². The van der Waals surface area contributed by atoms with Crippen molar-refractivity contribution in [2.75, 3.05) is 0 Å². The van der Waals surface area contributed by atoms with Gasteiger partial charge in [0.15, 0.2) is 0 Å². The van der Waals surface area contributed by atoms with Crippen LogP contribution in [0.15, 0.2) is 35.5 Å². The summed E-state index contributed by atoms with van der Waals surface area (Å²) >= 11 is 0. The molecule has 0 atom stereocenters. The molecule has 0 radical (unpaired) electrons. The fourth-order valence-corrected chi connectivity index (χ4v) is 0.863. The number of hydrogen-bond acceptors (Lipinski definition) is 2. The molecule has 16 heavy (non-hydrogen) atoms. The molecular formula is C12H16O4. The zero-order valence-electron chi connectivity index (χ0n) is 9.43. The van der Waals surface area contributed by atoms with E-state index in [4.69, 9.17) is 10.2 Å². The third-order valence-electron chi connectivity index (χ3n) is 1.94. The van der Waals surface area contributed by atoms with E-state index in [0.717, 1.165) is 0 Å². The average Bonchev–Trinajstić information content (AvgIpc) is 2.21. The maximum atomic E-state index is 10.4. The third kappa shape index (κ3) is 6.59. The standard InChI is InChI=1S/C12H16O4/c1-9(11(13)14)7-5-3-4-6-8-10(2)12(15)16/h3,5,7-8H,4,6H2,1-2H3,(H,13,14)(H,15,16). The molecule has 0 saturated carbocycles. The monoisotopic (exact) mass is 224 g/mol. The van der Waals surface area contributed by atoms with Gasteiger partial charge in [-0.3, -0.25) is 0 Å². The minimum atomic E-state index is -0.939. The second kappa shape index (κ2) is 7.45. The fraction of sp³-hybridized carbons (Fsp3) is 0.333. The molecule has 0 aliphatic carbocycles. The molecule has 0 aliphatic heterocycles. The summed E-state index contributed by atoms with van der Waals surface area (Å²) in [7, 11) is 0. The first-order valence-electron chi connectivity index (χ1n) is 4.92.